The van der Waals surface area contributed by atoms with E-state index < -0.39 is 140 Å². The van der Waals surface area contributed by atoms with Gasteiger partial charge >= 0.3 is 5.97 Å². The van der Waals surface area contributed by atoms with Crippen LogP contribution in [-0.2, 0) is 57.0 Å². The maximum atomic E-state index is 13.7. The molecule has 0 unspecified atom stereocenters. The van der Waals surface area contributed by atoms with Gasteiger partial charge in [-0.3, -0.25) is 9.59 Å². The van der Waals surface area contributed by atoms with Crippen LogP contribution in [0, 0.1) is 23.7 Å². The van der Waals surface area contributed by atoms with E-state index in [1.54, 1.807) is 66.6 Å². The van der Waals surface area contributed by atoms with E-state index in [1.165, 1.54) is 27.2 Å². The van der Waals surface area contributed by atoms with Gasteiger partial charge in [-0.15, -0.1) is 0 Å². The molecule has 4 aliphatic heterocycles. The molecule has 362 valence electrons. The highest BCUT2D eigenvalue weighted by atomic mass is 16.7. The number of aliphatic hydroxyl groups excluding tert-OH is 4. The summed E-state index contributed by atoms with van der Waals surface area (Å²) >= 11 is 0. The summed E-state index contributed by atoms with van der Waals surface area (Å²) in [5, 5.41) is 55.5. The highest BCUT2D eigenvalue weighted by Crippen LogP contribution is 2.37. The predicted octanol–water partition coefficient (Wildman–Crippen LogP) is 1.44. The zero-order valence-electron chi connectivity index (χ0n) is 39.0. The quantitative estimate of drug-likeness (QED) is 0.138. The first-order valence-electron chi connectivity index (χ1n) is 22.2. The lowest BCUT2D eigenvalue weighted by atomic mass is 9.81. The van der Waals surface area contributed by atoms with Crippen molar-refractivity contribution in [2.75, 3.05) is 34.9 Å². The van der Waals surface area contributed by atoms with Crippen molar-refractivity contribution in [3.05, 3.63) is 23.8 Å². The monoisotopic (exact) mass is 902 g/mol. The van der Waals surface area contributed by atoms with Crippen LogP contribution in [0.1, 0.15) is 81.1 Å². The lowest BCUT2D eigenvalue weighted by molar-refractivity contribution is -0.341. The summed E-state index contributed by atoms with van der Waals surface area (Å²) in [6.07, 6.45) is -9.08. The second-order valence-corrected chi connectivity index (χ2v) is 18.4. The van der Waals surface area contributed by atoms with Crippen LogP contribution >= 0.6 is 0 Å². The highest BCUT2D eigenvalue weighted by molar-refractivity contribution is 5.92. The Kier molecular flexibility index (Phi) is 19.9. The molecule has 0 radical (unpaired) electrons. The molecular weight excluding hydrogens is 826 g/mol. The SMILES string of the molecule is CC[C@H]1OC(=O)C[C@@H](O)[C@@H](C)[C@@H](O[C@@H]2O[C@H](C)[C@@H](O[C@H]3C[C@@](C)(O)[C@@H](O)[C@H](C)O3)[C@H](N(C)C)[C@H]2O)[C@@H](C=O)C[C@@H](C)C(=O)/C=C/C(C)=C\[C@@H]1CO[C@H]1O[C@@H](C)[C@H](O)[C@H](OC)[C@@H]1OC. The van der Waals surface area contributed by atoms with E-state index >= 15 is 0 Å². The van der Waals surface area contributed by atoms with E-state index in [4.69, 9.17) is 42.6 Å². The number of carbonyl (C=O) groups is 3. The van der Waals surface area contributed by atoms with Crippen molar-refractivity contribution in [3.8, 4) is 0 Å². The summed E-state index contributed by atoms with van der Waals surface area (Å²) in [6, 6.07) is -0.767. The first-order valence-corrected chi connectivity index (χ1v) is 22.2. The van der Waals surface area contributed by atoms with Gasteiger partial charge in [0.1, 0.15) is 49.0 Å². The number of hydrogen-bond acceptors (Lipinski definition) is 18. The molecule has 0 aromatic rings. The number of rotatable bonds is 12. The van der Waals surface area contributed by atoms with Gasteiger partial charge in [0.2, 0.25) is 0 Å². The van der Waals surface area contributed by atoms with E-state index in [1.807, 2.05) is 13.0 Å². The molecule has 0 aromatic carbocycles. The number of cyclic esters (lactones) is 1. The third-order valence-corrected chi connectivity index (χ3v) is 13.1. The smallest absolute Gasteiger partial charge is 0.308 e. The molecule has 0 saturated carbocycles. The van der Waals surface area contributed by atoms with Gasteiger partial charge in [0.25, 0.3) is 0 Å². The summed E-state index contributed by atoms with van der Waals surface area (Å²) in [5.74, 6) is -4.14. The first-order chi connectivity index (χ1) is 29.6. The maximum absolute atomic E-state index is 13.7. The third-order valence-electron chi connectivity index (χ3n) is 13.1. The molecule has 3 fully saturated rings. The Morgan fingerprint density at radius 2 is 1.51 bits per heavy atom. The molecule has 4 rings (SSSR count). The number of hydrogen-bond donors (Lipinski definition) is 5. The van der Waals surface area contributed by atoms with E-state index in [2.05, 4.69) is 0 Å². The summed E-state index contributed by atoms with van der Waals surface area (Å²) in [4.78, 5) is 42.0. The number of nitrogens with zero attached hydrogens (tertiary/aromatic N) is 1. The fourth-order valence-electron chi connectivity index (χ4n) is 9.19. The van der Waals surface area contributed by atoms with Crippen LogP contribution in [0.15, 0.2) is 23.8 Å². The fraction of sp³-hybridized carbons (Fsp3) is 0.844. The van der Waals surface area contributed by atoms with Gasteiger partial charge in [-0.1, -0.05) is 38.5 Å². The largest absolute Gasteiger partial charge is 0.462 e. The molecule has 4 aliphatic rings. The highest BCUT2D eigenvalue weighted by Gasteiger charge is 2.52. The van der Waals surface area contributed by atoms with Gasteiger partial charge in [-0.2, -0.15) is 0 Å². The Hall–Kier alpha value is -2.27. The summed E-state index contributed by atoms with van der Waals surface area (Å²) in [5.41, 5.74) is -0.826. The average molecular weight is 902 g/mol. The molecule has 5 N–H and O–H groups in total. The van der Waals surface area contributed by atoms with Crippen LogP contribution in [0.4, 0.5) is 0 Å². The first kappa shape index (κ1) is 53.3. The second-order valence-electron chi connectivity index (χ2n) is 18.4. The molecule has 0 spiro atoms. The molecule has 0 aromatic heterocycles. The Labute approximate surface area is 372 Å². The second kappa shape index (κ2) is 23.5. The minimum atomic E-state index is -1.49. The van der Waals surface area contributed by atoms with Crippen LogP contribution in [0.3, 0.4) is 0 Å². The minimum absolute atomic E-state index is 0.0117. The summed E-state index contributed by atoms with van der Waals surface area (Å²) in [6.45, 7) is 13.5. The number of aldehydes is 1. The predicted molar refractivity (Wildman–Crippen MR) is 226 cm³/mol. The molecular formula is C45H75NO17. The van der Waals surface area contributed by atoms with E-state index in [0.29, 0.717) is 18.3 Å². The van der Waals surface area contributed by atoms with Gasteiger partial charge in [0.15, 0.2) is 24.7 Å². The standard InChI is InChI=1S/C45H75NO17/c1-13-32-29(21-57-44-41(56-12)40(55-11)36(51)25(5)59-44)16-22(2)14-15-30(48)23(3)17-28(20-47)38(24(4)31(49)18-33(50)61-32)63-43-37(52)35(46(9)10)39(26(6)60-43)62-34-19-45(8,54)42(53)27(7)58-34/h14-16,20,23-29,31-32,34-44,49,51-54H,13,17-19,21H2,1-12H3/b15-14+,22-16-/t23-,24-,25+,26-,27+,28-,29-,31-,32-,34+,35-,36+,37-,38-,39-,40+,41+,42+,43+,44+,45-/m1/s1. The molecule has 0 amide bonds. The van der Waals surface area contributed by atoms with Crippen molar-refractivity contribution in [2.45, 2.75) is 185 Å². The Bertz CT molecular complexity index is 1540. The Balaban J connectivity index is 1.60. The number of ether oxygens (including phenoxy) is 9. The van der Waals surface area contributed by atoms with E-state index in [9.17, 15) is 39.9 Å². The Morgan fingerprint density at radius 1 is 0.857 bits per heavy atom. The van der Waals surface area contributed by atoms with Crippen LogP contribution in [-0.4, -0.2) is 187 Å². The van der Waals surface area contributed by atoms with Crippen LogP contribution < -0.4 is 0 Å². The average Bonchev–Trinajstić information content (AvgIpc) is 3.22. The Morgan fingerprint density at radius 3 is 2.10 bits per heavy atom. The summed E-state index contributed by atoms with van der Waals surface area (Å²) < 4.78 is 54.4. The lowest BCUT2D eigenvalue weighted by Crippen LogP contribution is -2.65. The van der Waals surface area contributed by atoms with Crippen molar-refractivity contribution in [2.24, 2.45) is 23.7 Å². The number of aliphatic hydroxyl groups is 5. The number of ketones is 1. The van der Waals surface area contributed by atoms with Gasteiger partial charge in [0.05, 0.1) is 55.2 Å². The lowest BCUT2D eigenvalue weighted by Gasteiger charge is -2.50. The molecule has 0 aliphatic carbocycles. The van der Waals surface area contributed by atoms with Crippen LogP contribution in [0.25, 0.3) is 0 Å². The molecule has 3 saturated heterocycles. The maximum Gasteiger partial charge on any atom is 0.308 e. The van der Waals surface area contributed by atoms with E-state index in [0.717, 1.165) is 0 Å². The van der Waals surface area contributed by atoms with Crippen LogP contribution in [0.5, 0.6) is 0 Å². The zero-order chi connectivity index (χ0) is 47.1. The number of esters is 1. The molecule has 18 nitrogen and oxygen atoms in total. The third kappa shape index (κ3) is 13.2. The number of carbonyl (C=O) groups excluding carboxylic acids is 3. The summed E-state index contributed by atoms with van der Waals surface area (Å²) in [7, 11) is 6.40. The molecule has 4 heterocycles. The van der Waals surface area contributed by atoms with Gasteiger partial charge in [0, 0.05) is 44.3 Å². The number of allylic oxidation sites excluding steroid dienone is 3. The van der Waals surface area contributed by atoms with Gasteiger partial charge in [-0.25, -0.2) is 0 Å². The normalized spacial score (nSPS) is 46.5. The van der Waals surface area contributed by atoms with Crippen molar-refractivity contribution in [1.82, 2.24) is 4.90 Å². The zero-order valence-corrected chi connectivity index (χ0v) is 39.0. The van der Waals surface area contributed by atoms with Crippen molar-refractivity contribution >= 4 is 18.0 Å². The topological polar surface area (TPSA) is 239 Å². The molecule has 0 bridgehead atoms. The molecule has 18 heteroatoms. The van der Waals surface area contributed by atoms with Crippen LogP contribution in [0.2, 0.25) is 0 Å². The van der Waals surface area contributed by atoms with Gasteiger partial charge in [-0.05, 0) is 67.6 Å². The van der Waals surface area contributed by atoms with Crippen molar-refractivity contribution < 1.29 is 82.5 Å². The van der Waals surface area contributed by atoms with Crippen molar-refractivity contribution in [1.29, 1.82) is 0 Å². The van der Waals surface area contributed by atoms with E-state index in [-0.39, 0.29) is 25.2 Å². The number of methoxy groups -OCH3 is 2. The molecule has 63 heavy (non-hydrogen) atoms. The number of likely N-dealkylation sites (N-methyl/N-ethyl adjacent to an activating group) is 1. The van der Waals surface area contributed by atoms with Crippen molar-refractivity contribution in [3.63, 3.8) is 0 Å². The van der Waals surface area contributed by atoms with Gasteiger partial charge < -0.3 is 77.9 Å². The minimum Gasteiger partial charge on any atom is -0.462 e. The fourth-order valence-corrected chi connectivity index (χ4v) is 9.19. The molecule has 21 atom stereocenters.